The number of aromatic amines is 1. The van der Waals surface area contributed by atoms with Crippen LogP contribution in [0.5, 0.6) is 0 Å². The van der Waals surface area contributed by atoms with Gasteiger partial charge in [-0.3, -0.25) is 4.90 Å². The summed E-state index contributed by atoms with van der Waals surface area (Å²) in [5.41, 5.74) is 8.04. The minimum atomic E-state index is 0.471. The summed E-state index contributed by atoms with van der Waals surface area (Å²) in [6.45, 7) is 3.30. The average Bonchev–Trinajstić information content (AvgIpc) is 2.71. The van der Waals surface area contributed by atoms with E-state index in [4.69, 9.17) is 5.73 Å². The van der Waals surface area contributed by atoms with Gasteiger partial charge in [-0.15, -0.1) is 0 Å². The molecule has 2 rings (SSSR count). The Labute approximate surface area is 84.5 Å². The van der Waals surface area contributed by atoms with Crippen molar-refractivity contribution in [1.82, 2.24) is 14.9 Å². The molecule has 3 N–H and O–H groups in total. The fraction of sp³-hybridized carbons (Fsp3) is 0.700. The molecule has 2 heterocycles. The minimum absolute atomic E-state index is 0.471. The lowest BCUT2D eigenvalue weighted by atomic mass is 10.1. The third-order valence-corrected chi connectivity index (χ3v) is 3.02. The SMILES string of the molecule is CCc1[nH]c(N)nc1C1CCCN1C. The van der Waals surface area contributed by atoms with Crippen molar-refractivity contribution in [2.45, 2.75) is 32.2 Å². The summed E-state index contributed by atoms with van der Waals surface area (Å²) < 4.78 is 0. The molecular weight excluding hydrogens is 176 g/mol. The second-order valence-electron chi connectivity index (χ2n) is 3.98. The highest BCUT2D eigenvalue weighted by molar-refractivity contribution is 5.28. The fourth-order valence-corrected chi connectivity index (χ4v) is 2.24. The Bertz CT molecular complexity index is 318. The van der Waals surface area contributed by atoms with Gasteiger partial charge < -0.3 is 10.7 Å². The zero-order valence-corrected chi connectivity index (χ0v) is 8.88. The smallest absolute Gasteiger partial charge is 0.197 e. The van der Waals surface area contributed by atoms with E-state index in [1.54, 1.807) is 0 Å². The minimum Gasteiger partial charge on any atom is -0.369 e. The van der Waals surface area contributed by atoms with Gasteiger partial charge in [0.1, 0.15) is 0 Å². The second kappa shape index (κ2) is 3.61. The average molecular weight is 194 g/mol. The number of aromatic nitrogens is 2. The Kier molecular flexibility index (Phi) is 2.46. The number of H-pyrrole nitrogens is 1. The number of anilines is 1. The van der Waals surface area contributed by atoms with Gasteiger partial charge in [-0.1, -0.05) is 6.92 Å². The summed E-state index contributed by atoms with van der Waals surface area (Å²) >= 11 is 0. The van der Waals surface area contributed by atoms with Gasteiger partial charge in [-0.25, -0.2) is 4.98 Å². The maximum Gasteiger partial charge on any atom is 0.197 e. The van der Waals surface area contributed by atoms with Crippen LogP contribution < -0.4 is 5.73 Å². The van der Waals surface area contributed by atoms with Crippen LogP contribution in [-0.2, 0) is 6.42 Å². The maximum atomic E-state index is 5.68. The Balaban J connectivity index is 2.29. The molecule has 0 spiro atoms. The summed E-state index contributed by atoms with van der Waals surface area (Å²) in [7, 11) is 2.15. The highest BCUT2D eigenvalue weighted by Crippen LogP contribution is 2.31. The molecule has 1 aliphatic rings. The Morgan fingerprint density at radius 2 is 2.43 bits per heavy atom. The largest absolute Gasteiger partial charge is 0.369 e. The van der Waals surface area contributed by atoms with E-state index < -0.39 is 0 Å². The van der Waals surface area contributed by atoms with Crippen molar-refractivity contribution in [3.05, 3.63) is 11.4 Å². The Hall–Kier alpha value is -1.03. The first-order valence-corrected chi connectivity index (χ1v) is 5.27. The third kappa shape index (κ3) is 1.50. The maximum absolute atomic E-state index is 5.68. The molecule has 0 bridgehead atoms. The van der Waals surface area contributed by atoms with Gasteiger partial charge in [-0.05, 0) is 32.9 Å². The van der Waals surface area contributed by atoms with E-state index in [0.717, 1.165) is 12.1 Å². The number of nitrogens with one attached hydrogen (secondary N) is 1. The lowest BCUT2D eigenvalue weighted by Crippen LogP contribution is -2.18. The standard InChI is InChI=1S/C10H18N4/c1-3-7-9(13-10(11)12-7)8-5-4-6-14(8)2/h8H,3-6H2,1-2H3,(H3,11,12,13). The van der Waals surface area contributed by atoms with Crippen LogP contribution in [0.1, 0.15) is 37.2 Å². The lowest BCUT2D eigenvalue weighted by molar-refractivity contribution is 0.311. The molecular formula is C10H18N4. The summed E-state index contributed by atoms with van der Waals surface area (Å²) in [6.07, 6.45) is 3.44. The quantitative estimate of drug-likeness (QED) is 0.746. The van der Waals surface area contributed by atoms with Crippen LogP contribution in [0.25, 0.3) is 0 Å². The number of nitrogen functional groups attached to an aromatic ring is 1. The second-order valence-corrected chi connectivity index (χ2v) is 3.98. The first-order valence-electron chi connectivity index (χ1n) is 5.27. The van der Waals surface area contributed by atoms with E-state index >= 15 is 0 Å². The zero-order chi connectivity index (χ0) is 10.1. The number of hydrogen-bond acceptors (Lipinski definition) is 3. The number of rotatable bonds is 2. The van der Waals surface area contributed by atoms with Gasteiger partial charge in [0.15, 0.2) is 5.95 Å². The molecule has 0 amide bonds. The van der Waals surface area contributed by atoms with E-state index in [0.29, 0.717) is 12.0 Å². The number of likely N-dealkylation sites (tertiary alicyclic amines) is 1. The molecule has 78 valence electrons. The molecule has 0 saturated carbocycles. The molecule has 1 unspecified atom stereocenters. The van der Waals surface area contributed by atoms with Crippen molar-refractivity contribution in [3.63, 3.8) is 0 Å². The van der Waals surface area contributed by atoms with Crippen molar-refractivity contribution >= 4 is 5.95 Å². The summed E-state index contributed by atoms with van der Waals surface area (Å²) in [4.78, 5) is 9.88. The van der Waals surface area contributed by atoms with Crippen LogP contribution in [0, 0.1) is 0 Å². The molecule has 1 aliphatic heterocycles. The van der Waals surface area contributed by atoms with Crippen molar-refractivity contribution in [2.24, 2.45) is 0 Å². The Morgan fingerprint density at radius 3 is 3.00 bits per heavy atom. The molecule has 0 aromatic carbocycles. The van der Waals surface area contributed by atoms with Crippen molar-refractivity contribution in [1.29, 1.82) is 0 Å². The fourth-order valence-electron chi connectivity index (χ4n) is 2.24. The van der Waals surface area contributed by atoms with Gasteiger partial charge in [0, 0.05) is 5.69 Å². The van der Waals surface area contributed by atoms with E-state index in [2.05, 4.69) is 28.8 Å². The van der Waals surface area contributed by atoms with E-state index in [9.17, 15) is 0 Å². The molecule has 0 aliphatic carbocycles. The van der Waals surface area contributed by atoms with E-state index in [-0.39, 0.29) is 0 Å². The van der Waals surface area contributed by atoms with Gasteiger partial charge >= 0.3 is 0 Å². The molecule has 14 heavy (non-hydrogen) atoms. The van der Waals surface area contributed by atoms with Crippen LogP contribution in [0.3, 0.4) is 0 Å². The van der Waals surface area contributed by atoms with Gasteiger partial charge in [-0.2, -0.15) is 0 Å². The Morgan fingerprint density at radius 1 is 1.64 bits per heavy atom. The van der Waals surface area contributed by atoms with Crippen molar-refractivity contribution in [3.8, 4) is 0 Å². The summed E-state index contributed by atoms with van der Waals surface area (Å²) in [5.74, 6) is 0.553. The molecule has 1 atom stereocenters. The number of nitrogens with two attached hydrogens (primary N) is 1. The number of imidazole rings is 1. The predicted molar refractivity (Wildman–Crippen MR) is 57.0 cm³/mol. The number of nitrogens with zero attached hydrogens (tertiary/aromatic N) is 2. The molecule has 0 radical (unpaired) electrons. The van der Waals surface area contributed by atoms with Crippen LogP contribution in [0.4, 0.5) is 5.95 Å². The number of aryl methyl sites for hydroxylation is 1. The first-order chi connectivity index (χ1) is 6.72. The highest BCUT2D eigenvalue weighted by Gasteiger charge is 2.26. The van der Waals surface area contributed by atoms with Crippen molar-refractivity contribution in [2.75, 3.05) is 19.3 Å². The van der Waals surface area contributed by atoms with Crippen LogP contribution in [0.15, 0.2) is 0 Å². The molecule has 4 heteroatoms. The highest BCUT2D eigenvalue weighted by atomic mass is 15.2. The van der Waals surface area contributed by atoms with Crippen LogP contribution in [0.2, 0.25) is 0 Å². The van der Waals surface area contributed by atoms with Gasteiger partial charge in [0.2, 0.25) is 0 Å². The summed E-state index contributed by atoms with van der Waals surface area (Å²) in [5, 5.41) is 0. The molecule has 1 fully saturated rings. The molecule has 4 nitrogen and oxygen atoms in total. The zero-order valence-electron chi connectivity index (χ0n) is 8.88. The molecule has 1 aromatic rings. The van der Waals surface area contributed by atoms with E-state index in [1.165, 1.54) is 25.1 Å². The number of hydrogen-bond donors (Lipinski definition) is 2. The predicted octanol–water partition coefficient (Wildman–Crippen LogP) is 1.32. The van der Waals surface area contributed by atoms with Gasteiger partial charge in [0.05, 0.1) is 11.7 Å². The van der Waals surface area contributed by atoms with Gasteiger partial charge in [0.25, 0.3) is 0 Å². The molecule has 1 saturated heterocycles. The normalized spacial score (nSPS) is 23.1. The van der Waals surface area contributed by atoms with Crippen LogP contribution in [-0.4, -0.2) is 28.5 Å². The first kappa shape index (κ1) is 9.52. The lowest BCUT2D eigenvalue weighted by Gasteiger charge is -2.18. The summed E-state index contributed by atoms with van der Waals surface area (Å²) in [6, 6.07) is 0.471. The topological polar surface area (TPSA) is 57.9 Å². The van der Waals surface area contributed by atoms with Crippen LogP contribution >= 0.6 is 0 Å². The third-order valence-electron chi connectivity index (χ3n) is 3.02. The van der Waals surface area contributed by atoms with Crippen molar-refractivity contribution < 1.29 is 0 Å². The van der Waals surface area contributed by atoms with E-state index in [1.807, 2.05) is 0 Å². The molecule has 1 aromatic heterocycles. The monoisotopic (exact) mass is 194 g/mol.